The summed E-state index contributed by atoms with van der Waals surface area (Å²) in [4.78, 5) is 1.47. The Morgan fingerprint density at radius 3 is 2.06 bits per heavy atom. The molecule has 0 bridgehead atoms. The van der Waals surface area contributed by atoms with Crippen LogP contribution in [-0.4, -0.2) is 48.9 Å². The third kappa shape index (κ3) is 9.74. The molecular formula is C5H13NO6S4. The standard InChI is InChI=1S/C5H13NO6S4/c1-5(3-11-15(7,8)13)6(2)4-12-16(9,10)14/h5H,3-4H2,1-2H3,(H,7,8,13)(H,9,10,14). The van der Waals surface area contributed by atoms with Crippen molar-refractivity contribution in [1.82, 2.24) is 4.90 Å². The molecule has 0 aliphatic rings. The van der Waals surface area contributed by atoms with Crippen LogP contribution in [0.2, 0.25) is 0 Å². The predicted octanol–water partition coefficient (Wildman–Crippen LogP) is -0.434. The largest absolute Gasteiger partial charge is 0.285 e. The van der Waals surface area contributed by atoms with Crippen LogP contribution in [0.15, 0.2) is 0 Å². The summed E-state index contributed by atoms with van der Waals surface area (Å²) >= 11 is 8.24. The van der Waals surface area contributed by atoms with Crippen LogP contribution in [-0.2, 0) is 48.8 Å². The van der Waals surface area contributed by atoms with Crippen molar-refractivity contribution < 1.29 is 25.9 Å². The van der Waals surface area contributed by atoms with Crippen molar-refractivity contribution >= 4 is 40.5 Å². The lowest BCUT2D eigenvalue weighted by atomic mass is 10.3. The van der Waals surface area contributed by atoms with Gasteiger partial charge in [-0.05, 0) is 14.0 Å². The molecule has 3 atom stereocenters. The summed E-state index contributed by atoms with van der Waals surface area (Å²) in [6, 6.07) is -0.326. The molecule has 0 rings (SSSR count). The number of hydrogen-bond acceptors (Lipinski definition) is 7. The fourth-order valence-electron chi connectivity index (χ4n) is 0.589. The van der Waals surface area contributed by atoms with Gasteiger partial charge in [0.15, 0.2) is 0 Å². The van der Waals surface area contributed by atoms with Crippen molar-refractivity contribution in [2.45, 2.75) is 13.0 Å². The molecule has 2 N–H and O–H groups in total. The SMILES string of the molecule is CC(COS(=O)(O)=S)N(C)COS(=O)(O)=S. The number of nitrogens with zero attached hydrogens (tertiary/aromatic N) is 1. The molecule has 0 radical (unpaired) electrons. The highest BCUT2D eigenvalue weighted by Crippen LogP contribution is 2.00. The second-order valence-corrected chi connectivity index (χ2v) is 7.70. The second kappa shape index (κ2) is 6.47. The van der Waals surface area contributed by atoms with E-state index in [0.29, 0.717) is 0 Å². The zero-order valence-corrected chi connectivity index (χ0v) is 11.9. The van der Waals surface area contributed by atoms with Gasteiger partial charge in [-0.1, -0.05) is 0 Å². The third-order valence-electron chi connectivity index (χ3n) is 1.62. The lowest BCUT2D eigenvalue weighted by molar-refractivity contribution is 0.0928. The minimum atomic E-state index is -3.67. The summed E-state index contributed by atoms with van der Waals surface area (Å²) < 4.78 is 47.5. The first-order valence-corrected chi connectivity index (χ1v) is 8.68. The Bertz CT molecular complexity index is 363. The van der Waals surface area contributed by atoms with E-state index in [4.69, 9.17) is 9.11 Å². The molecule has 0 heterocycles. The molecule has 0 aromatic rings. The van der Waals surface area contributed by atoms with E-state index in [0.717, 1.165) is 0 Å². The zero-order valence-electron chi connectivity index (χ0n) is 8.60. The molecule has 3 unspecified atom stereocenters. The van der Waals surface area contributed by atoms with E-state index in [9.17, 15) is 8.42 Å². The molecule has 0 fully saturated rings. The van der Waals surface area contributed by atoms with Crippen molar-refractivity contribution in [3.8, 4) is 0 Å². The summed E-state index contributed by atoms with van der Waals surface area (Å²) in [5.74, 6) is 0. The Morgan fingerprint density at radius 1 is 1.25 bits per heavy atom. The van der Waals surface area contributed by atoms with Gasteiger partial charge in [0, 0.05) is 28.4 Å². The number of rotatable bonds is 7. The van der Waals surface area contributed by atoms with Crippen LogP contribution in [0, 0.1) is 0 Å². The van der Waals surface area contributed by atoms with Crippen LogP contribution in [0.1, 0.15) is 6.92 Å². The summed E-state index contributed by atoms with van der Waals surface area (Å²) in [7, 11) is -5.76. The summed E-state index contributed by atoms with van der Waals surface area (Å²) in [6.45, 7) is 1.35. The van der Waals surface area contributed by atoms with Gasteiger partial charge in [-0.2, -0.15) is 8.42 Å². The number of hydrogen-bond donors (Lipinski definition) is 2. The molecule has 98 valence electrons. The molecular weight excluding hydrogens is 298 g/mol. The fourth-order valence-corrected chi connectivity index (χ4v) is 1.55. The van der Waals surface area contributed by atoms with E-state index in [1.165, 1.54) is 4.90 Å². The quantitative estimate of drug-likeness (QED) is 0.607. The van der Waals surface area contributed by atoms with Gasteiger partial charge in [0.1, 0.15) is 6.73 Å². The molecule has 0 aromatic carbocycles. The van der Waals surface area contributed by atoms with Crippen molar-refractivity contribution in [2.75, 3.05) is 20.4 Å². The maximum Gasteiger partial charge on any atom is 0.267 e. The monoisotopic (exact) mass is 311 g/mol. The fraction of sp³-hybridized carbons (Fsp3) is 1.00. The first-order valence-electron chi connectivity index (χ1n) is 3.95. The van der Waals surface area contributed by atoms with Crippen LogP contribution in [0.5, 0.6) is 0 Å². The van der Waals surface area contributed by atoms with E-state index >= 15 is 0 Å². The highest BCUT2D eigenvalue weighted by atomic mass is 32.9. The Balaban J connectivity index is 4.05. The molecule has 0 aliphatic carbocycles. The van der Waals surface area contributed by atoms with Gasteiger partial charge in [0.25, 0.3) is 18.1 Å². The smallest absolute Gasteiger partial charge is 0.267 e. The van der Waals surface area contributed by atoms with Crippen LogP contribution >= 0.6 is 0 Å². The topological polar surface area (TPSA) is 96.3 Å². The van der Waals surface area contributed by atoms with Gasteiger partial charge in [0.05, 0.1) is 6.61 Å². The van der Waals surface area contributed by atoms with Crippen LogP contribution < -0.4 is 0 Å². The van der Waals surface area contributed by atoms with E-state index in [1.54, 1.807) is 14.0 Å². The Kier molecular flexibility index (Phi) is 6.68. The lowest BCUT2D eigenvalue weighted by Crippen LogP contribution is -2.36. The average Bonchev–Trinajstić information content (AvgIpc) is 2.07. The molecule has 7 nitrogen and oxygen atoms in total. The van der Waals surface area contributed by atoms with Gasteiger partial charge in [0.2, 0.25) is 0 Å². The highest BCUT2D eigenvalue weighted by Gasteiger charge is 2.13. The molecule has 0 aromatic heterocycles. The van der Waals surface area contributed by atoms with Gasteiger partial charge in [-0.25, -0.2) is 0 Å². The van der Waals surface area contributed by atoms with E-state index in [1.807, 2.05) is 0 Å². The Morgan fingerprint density at radius 2 is 1.69 bits per heavy atom. The Labute approximate surface area is 105 Å². The zero-order chi connectivity index (χ0) is 13.0. The highest BCUT2D eigenvalue weighted by molar-refractivity contribution is 8.27. The first kappa shape index (κ1) is 16.5. The van der Waals surface area contributed by atoms with E-state index in [2.05, 4.69) is 30.7 Å². The lowest BCUT2D eigenvalue weighted by Gasteiger charge is -2.23. The molecule has 16 heavy (non-hydrogen) atoms. The summed E-state index contributed by atoms with van der Waals surface area (Å²) in [5.41, 5.74) is 0. The molecule has 0 aliphatic heterocycles. The number of likely N-dealkylation sites (N-methyl/N-ethyl adjacent to an activating group) is 1. The van der Waals surface area contributed by atoms with Crippen molar-refractivity contribution in [3.63, 3.8) is 0 Å². The van der Waals surface area contributed by atoms with Crippen molar-refractivity contribution in [2.24, 2.45) is 0 Å². The predicted molar refractivity (Wildman–Crippen MR) is 65.4 cm³/mol. The minimum absolute atomic E-state index is 0.108. The second-order valence-electron chi connectivity index (χ2n) is 2.99. The summed E-state index contributed by atoms with van der Waals surface area (Å²) in [5, 5.41) is 0. The maximum atomic E-state index is 10.6. The van der Waals surface area contributed by atoms with E-state index < -0.39 is 18.1 Å². The van der Waals surface area contributed by atoms with Crippen LogP contribution in [0.25, 0.3) is 0 Å². The van der Waals surface area contributed by atoms with Crippen molar-refractivity contribution in [3.05, 3.63) is 0 Å². The normalized spacial score (nSPS) is 21.3. The maximum absolute atomic E-state index is 10.6. The molecule has 0 amide bonds. The van der Waals surface area contributed by atoms with Gasteiger partial charge in [-0.3, -0.25) is 22.4 Å². The summed E-state index contributed by atoms with van der Waals surface area (Å²) in [6.07, 6.45) is 0. The first-order chi connectivity index (χ1) is 7.01. The molecule has 0 spiro atoms. The Hall–Kier alpha value is 0.540. The third-order valence-corrected chi connectivity index (χ3v) is 3.03. The molecule has 0 saturated heterocycles. The van der Waals surface area contributed by atoms with Crippen LogP contribution in [0.4, 0.5) is 0 Å². The minimum Gasteiger partial charge on any atom is -0.285 e. The average molecular weight is 311 g/mol. The van der Waals surface area contributed by atoms with Crippen LogP contribution in [0.3, 0.4) is 0 Å². The molecule has 0 saturated carbocycles. The van der Waals surface area contributed by atoms with Gasteiger partial charge in [-0.15, -0.1) is 0 Å². The van der Waals surface area contributed by atoms with E-state index in [-0.39, 0.29) is 19.4 Å². The van der Waals surface area contributed by atoms with Gasteiger partial charge >= 0.3 is 0 Å². The molecule has 11 heteroatoms. The van der Waals surface area contributed by atoms with Crippen molar-refractivity contribution in [1.29, 1.82) is 0 Å². The van der Waals surface area contributed by atoms with Gasteiger partial charge < -0.3 is 0 Å².